The first-order chi connectivity index (χ1) is 14.1. The molecule has 2 aliphatic heterocycles. The van der Waals surface area contributed by atoms with Crippen molar-refractivity contribution in [1.29, 1.82) is 0 Å². The van der Waals surface area contributed by atoms with E-state index in [1.54, 1.807) is 18.3 Å². The molecule has 6 heteroatoms. The Morgan fingerprint density at radius 1 is 1.14 bits per heavy atom. The fourth-order valence-corrected chi connectivity index (χ4v) is 5.33. The van der Waals surface area contributed by atoms with Crippen LogP contribution in [0, 0.1) is 5.41 Å². The summed E-state index contributed by atoms with van der Waals surface area (Å²) in [6, 6.07) is 15.4. The number of benzene rings is 1. The zero-order valence-electron chi connectivity index (χ0n) is 16.1. The molecule has 1 aromatic carbocycles. The third-order valence-electron chi connectivity index (χ3n) is 6.64. The topological polar surface area (TPSA) is 74.9 Å². The first-order valence-electron chi connectivity index (χ1n) is 10.1. The number of pyridine rings is 1. The monoisotopic (exact) mass is 389 g/mol. The summed E-state index contributed by atoms with van der Waals surface area (Å²) in [6.45, 7) is 0.0296. The molecule has 2 aliphatic rings. The molecule has 0 radical (unpaired) electrons. The molecule has 6 nitrogen and oxygen atoms in total. The van der Waals surface area contributed by atoms with Crippen molar-refractivity contribution in [1.82, 2.24) is 14.3 Å². The Morgan fingerprint density at radius 2 is 1.93 bits per heavy atom. The summed E-state index contributed by atoms with van der Waals surface area (Å²) in [6.07, 6.45) is 6.28. The number of amides is 1. The van der Waals surface area contributed by atoms with Crippen molar-refractivity contribution in [3.63, 3.8) is 0 Å². The molecule has 0 unspecified atom stereocenters. The number of aliphatic hydroxyl groups excluding tert-OH is 1. The number of hydrogen-bond acceptors (Lipinski definition) is 4. The SMILES string of the molecule is O=C(c1cnc2ccccn2c1=O)N1[C@@H]2CC[C@H]1[C@](CO)(Cc1ccccc1)C2. The van der Waals surface area contributed by atoms with Gasteiger partial charge in [0, 0.05) is 29.9 Å². The minimum absolute atomic E-state index is 0.0296. The molecule has 0 saturated carbocycles. The molecule has 5 rings (SSSR count). The van der Waals surface area contributed by atoms with Crippen LogP contribution in [0.5, 0.6) is 0 Å². The normalized spacial score (nSPS) is 25.6. The number of aliphatic hydroxyl groups is 1. The van der Waals surface area contributed by atoms with Gasteiger partial charge in [-0.15, -0.1) is 0 Å². The second kappa shape index (κ2) is 6.81. The molecular formula is C23H23N3O3. The molecular weight excluding hydrogens is 366 g/mol. The maximum Gasteiger partial charge on any atom is 0.270 e. The van der Waals surface area contributed by atoms with E-state index in [-0.39, 0.29) is 41.1 Å². The number of carbonyl (C=O) groups excluding carboxylic acids is 1. The summed E-state index contributed by atoms with van der Waals surface area (Å²) in [5, 5.41) is 10.3. The Bertz CT molecular complexity index is 1130. The fraction of sp³-hybridized carbons (Fsp3) is 0.348. The van der Waals surface area contributed by atoms with Crippen molar-refractivity contribution >= 4 is 11.6 Å². The summed E-state index contributed by atoms with van der Waals surface area (Å²) in [5.41, 5.74) is 1.07. The Balaban J connectivity index is 1.50. The minimum Gasteiger partial charge on any atom is -0.396 e. The zero-order valence-corrected chi connectivity index (χ0v) is 16.1. The summed E-state index contributed by atoms with van der Waals surface area (Å²) >= 11 is 0. The van der Waals surface area contributed by atoms with Gasteiger partial charge < -0.3 is 10.0 Å². The number of hydrogen-bond donors (Lipinski definition) is 1. The lowest BCUT2D eigenvalue weighted by Crippen LogP contribution is -2.45. The van der Waals surface area contributed by atoms with E-state index < -0.39 is 0 Å². The van der Waals surface area contributed by atoms with Crippen LogP contribution < -0.4 is 5.56 Å². The standard InChI is InChI=1S/C23H23N3O3/c27-15-23(12-16-6-2-1-3-7-16)13-17-9-10-19(23)26(17)22(29)18-14-24-20-8-4-5-11-25(20)21(18)28/h1-8,11,14,17,19,27H,9-10,12-13,15H2/t17-,19+,23-/m1/s1. The first kappa shape index (κ1) is 18.1. The van der Waals surface area contributed by atoms with Crippen LogP contribution in [-0.4, -0.2) is 44.0 Å². The number of nitrogens with zero attached hydrogens (tertiary/aromatic N) is 3. The van der Waals surface area contributed by atoms with Crippen LogP contribution >= 0.6 is 0 Å². The lowest BCUT2D eigenvalue weighted by atomic mass is 9.70. The van der Waals surface area contributed by atoms with E-state index in [1.807, 2.05) is 29.2 Å². The van der Waals surface area contributed by atoms with E-state index in [1.165, 1.54) is 10.6 Å². The van der Waals surface area contributed by atoms with Crippen molar-refractivity contribution < 1.29 is 9.90 Å². The number of fused-ring (bicyclic) bond motifs is 3. The van der Waals surface area contributed by atoms with Gasteiger partial charge in [0.2, 0.25) is 0 Å². The fourth-order valence-electron chi connectivity index (χ4n) is 5.33. The van der Waals surface area contributed by atoms with Crippen LogP contribution in [0.25, 0.3) is 5.65 Å². The quantitative estimate of drug-likeness (QED) is 0.743. The molecule has 3 aromatic rings. The van der Waals surface area contributed by atoms with Gasteiger partial charge in [0.05, 0.1) is 6.61 Å². The summed E-state index contributed by atoms with van der Waals surface area (Å²) in [5.74, 6) is -0.267. The number of aromatic nitrogens is 2. The average Bonchev–Trinajstić information content (AvgIpc) is 3.31. The van der Waals surface area contributed by atoms with Gasteiger partial charge in [0.1, 0.15) is 11.2 Å². The Labute approximate surface area is 168 Å². The van der Waals surface area contributed by atoms with Crippen LogP contribution in [0.3, 0.4) is 0 Å². The number of carbonyl (C=O) groups is 1. The van der Waals surface area contributed by atoms with E-state index >= 15 is 0 Å². The van der Waals surface area contributed by atoms with Crippen LogP contribution in [-0.2, 0) is 6.42 Å². The molecule has 4 heterocycles. The molecule has 3 atom stereocenters. The lowest BCUT2D eigenvalue weighted by Gasteiger charge is -2.36. The average molecular weight is 389 g/mol. The van der Waals surface area contributed by atoms with Gasteiger partial charge in [0.15, 0.2) is 0 Å². The Kier molecular flexibility index (Phi) is 4.24. The summed E-state index contributed by atoms with van der Waals surface area (Å²) in [7, 11) is 0. The molecule has 2 saturated heterocycles. The second-order valence-corrected chi connectivity index (χ2v) is 8.25. The number of rotatable bonds is 4. The van der Waals surface area contributed by atoms with E-state index in [4.69, 9.17) is 0 Å². The third-order valence-corrected chi connectivity index (χ3v) is 6.64. The highest BCUT2D eigenvalue weighted by atomic mass is 16.3. The molecule has 29 heavy (non-hydrogen) atoms. The maximum absolute atomic E-state index is 13.4. The molecule has 1 amide bonds. The van der Waals surface area contributed by atoms with E-state index in [0.29, 0.717) is 5.65 Å². The Hall–Kier alpha value is -2.99. The molecule has 2 bridgehead atoms. The summed E-state index contributed by atoms with van der Waals surface area (Å²) < 4.78 is 1.41. The highest BCUT2D eigenvalue weighted by molar-refractivity contribution is 5.94. The van der Waals surface area contributed by atoms with Gasteiger partial charge in [-0.1, -0.05) is 36.4 Å². The molecule has 2 fully saturated rings. The predicted molar refractivity (Wildman–Crippen MR) is 109 cm³/mol. The van der Waals surface area contributed by atoms with E-state index in [9.17, 15) is 14.7 Å². The van der Waals surface area contributed by atoms with Crippen molar-refractivity contribution in [3.05, 3.63) is 82.4 Å². The molecule has 2 aromatic heterocycles. The zero-order chi connectivity index (χ0) is 20.0. The molecule has 1 N–H and O–H groups in total. The van der Waals surface area contributed by atoms with Gasteiger partial charge in [-0.2, -0.15) is 0 Å². The van der Waals surface area contributed by atoms with Crippen LogP contribution in [0.1, 0.15) is 35.2 Å². The van der Waals surface area contributed by atoms with Gasteiger partial charge in [-0.25, -0.2) is 4.98 Å². The highest BCUT2D eigenvalue weighted by Crippen LogP contribution is 2.51. The third kappa shape index (κ3) is 2.78. The van der Waals surface area contributed by atoms with E-state index in [2.05, 4.69) is 17.1 Å². The Morgan fingerprint density at radius 3 is 2.72 bits per heavy atom. The maximum atomic E-state index is 13.4. The van der Waals surface area contributed by atoms with Crippen LogP contribution in [0.15, 0.2) is 65.7 Å². The van der Waals surface area contributed by atoms with Gasteiger partial charge in [-0.3, -0.25) is 14.0 Å². The van der Waals surface area contributed by atoms with Crippen molar-refractivity contribution in [2.45, 2.75) is 37.8 Å². The van der Waals surface area contributed by atoms with Gasteiger partial charge in [0.25, 0.3) is 11.5 Å². The van der Waals surface area contributed by atoms with E-state index in [0.717, 1.165) is 31.2 Å². The minimum atomic E-state index is -0.361. The summed E-state index contributed by atoms with van der Waals surface area (Å²) in [4.78, 5) is 32.5. The van der Waals surface area contributed by atoms with Crippen molar-refractivity contribution in [2.24, 2.45) is 5.41 Å². The van der Waals surface area contributed by atoms with Gasteiger partial charge in [-0.05, 0) is 43.4 Å². The molecule has 0 spiro atoms. The predicted octanol–water partition coefficient (Wildman–Crippen LogP) is 2.29. The smallest absolute Gasteiger partial charge is 0.270 e. The highest BCUT2D eigenvalue weighted by Gasteiger charge is 2.57. The van der Waals surface area contributed by atoms with Crippen molar-refractivity contribution in [3.8, 4) is 0 Å². The van der Waals surface area contributed by atoms with Crippen LogP contribution in [0.4, 0.5) is 0 Å². The molecule has 0 aliphatic carbocycles. The molecule has 148 valence electrons. The van der Waals surface area contributed by atoms with Crippen molar-refractivity contribution in [2.75, 3.05) is 6.61 Å². The second-order valence-electron chi connectivity index (χ2n) is 8.25. The largest absolute Gasteiger partial charge is 0.396 e. The van der Waals surface area contributed by atoms with Gasteiger partial charge >= 0.3 is 0 Å². The van der Waals surface area contributed by atoms with Crippen LogP contribution in [0.2, 0.25) is 0 Å². The first-order valence-corrected chi connectivity index (χ1v) is 10.1. The lowest BCUT2D eigenvalue weighted by molar-refractivity contribution is 0.0569.